The van der Waals surface area contributed by atoms with Gasteiger partial charge in [-0.1, -0.05) is 24.3 Å². The van der Waals surface area contributed by atoms with Crippen LogP contribution in [0.25, 0.3) is 0 Å². The van der Waals surface area contributed by atoms with Crippen LogP contribution in [0.5, 0.6) is 0 Å². The van der Waals surface area contributed by atoms with Crippen LogP contribution in [0.4, 0.5) is 5.69 Å². The first kappa shape index (κ1) is 19.0. The molecular weight excluding hydrogens is 340 g/mol. The van der Waals surface area contributed by atoms with Crippen molar-refractivity contribution in [3.05, 3.63) is 65.0 Å². The summed E-state index contributed by atoms with van der Waals surface area (Å²) < 4.78 is 7.05. The predicted molar refractivity (Wildman–Crippen MR) is 106 cm³/mol. The first-order chi connectivity index (χ1) is 13.0. The van der Waals surface area contributed by atoms with Gasteiger partial charge in [0.1, 0.15) is 5.69 Å². The monoisotopic (exact) mass is 366 g/mol. The van der Waals surface area contributed by atoms with Crippen molar-refractivity contribution < 1.29 is 14.3 Å². The zero-order valence-electron chi connectivity index (χ0n) is 16.2. The zero-order chi connectivity index (χ0) is 19.6. The van der Waals surface area contributed by atoms with Gasteiger partial charge in [0, 0.05) is 24.5 Å². The lowest BCUT2D eigenvalue weighted by atomic mass is 10.00. The summed E-state index contributed by atoms with van der Waals surface area (Å²) in [5.74, 6) is -0.469. The van der Waals surface area contributed by atoms with E-state index in [1.54, 1.807) is 13.0 Å². The standard InChI is InChI=1S/C22H26N2O3/c1-5-13-23-16(4)19(15(3)20(23)22(26)27-6-2)21(25)24-14-9-11-17-10-7-8-12-18(17)24/h5,7-8,10,12H,1,6,9,11,13-14H2,2-4H3. The third-order valence-corrected chi connectivity index (χ3v) is 5.12. The number of anilines is 1. The van der Waals surface area contributed by atoms with Gasteiger partial charge >= 0.3 is 5.97 Å². The van der Waals surface area contributed by atoms with Crippen molar-refractivity contribution in [3.8, 4) is 0 Å². The molecule has 27 heavy (non-hydrogen) atoms. The average molecular weight is 366 g/mol. The second-order valence-electron chi connectivity index (χ2n) is 6.74. The Kier molecular flexibility index (Phi) is 5.49. The summed E-state index contributed by atoms with van der Waals surface area (Å²) in [5.41, 5.74) is 4.59. The molecule has 0 N–H and O–H groups in total. The molecule has 0 radical (unpaired) electrons. The second-order valence-corrected chi connectivity index (χ2v) is 6.74. The maximum absolute atomic E-state index is 13.5. The van der Waals surface area contributed by atoms with Gasteiger partial charge in [-0.15, -0.1) is 6.58 Å². The van der Waals surface area contributed by atoms with E-state index in [2.05, 4.69) is 12.6 Å². The Morgan fingerprint density at radius 3 is 2.70 bits per heavy atom. The Morgan fingerprint density at radius 2 is 2.00 bits per heavy atom. The quantitative estimate of drug-likeness (QED) is 0.592. The normalized spacial score (nSPS) is 13.2. The molecule has 0 atom stereocenters. The van der Waals surface area contributed by atoms with E-state index < -0.39 is 5.97 Å². The number of benzene rings is 1. The molecule has 2 aromatic rings. The topological polar surface area (TPSA) is 51.5 Å². The minimum atomic E-state index is -0.405. The van der Waals surface area contributed by atoms with Gasteiger partial charge in [-0.3, -0.25) is 4.79 Å². The van der Waals surface area contributed by atoms with Crippen LogP contribution in [0.15, 0.2) is 36.9 Å². The van der Waals surface area contributed by atoms with Crippen LogP contribution in [0.3, 0.4) is 0 Å². The van der Waals surface area contributed by atoms with Gasteiger partial charge in [0.2, 0.25) is 0 Å². The molecule has 142 valence electrons. The van der Waals surface area contributed by atoms with E-state index in [0.717, 1.165) is 24.2 Å². The SMILES string of the molecule is C=CCn1c(C)c(C(=O)N2CCCc3ccccc32)c(C)c1C(=O)OCC. The number of aromatic nitrogens is 1. The van der Waals surface area contributed by atoms with Crippen LogP contribution in [0.2, 0.25) is 0 Å². The highest BCUT2D eigenvalue weighted by molar-refractivity contribution is 6.10. The third kappa shape index (κ3) is 3.29. The summed E-state index contributed by atoms with van der Waals surface area (Å²) in [6.07, 6.45) is 3.63. The number of aryl methyl sites for hydroxylation is 1. The molecular formula is C22H26N2O3. The lowest BCUT2D eigenvalue weighted by Crippen LogP contribution is -2.36. The number of hydrogen-bond donors (Lipinski definition) is 0. The number of esters is 1. The number of para-hydroxylation sites is 1. The fourth-order valence-corrected chi connectivity index (χ4v) is 3.91. The number of amides is 1. The maximum atomic E-state index is 13.5. The fraction of sp³-hybridized carbons (Fsp3) is 0.364. The molecule has 1 aliphatic heterocycles. The lowest BCUT2D eigenvalue weighted by Gasteiger charge is -2.29. The molecule has 1 aromatic heterocycles. The number of rotatable bonds is 5. The van der Waals surface area contributed by atoms with Crippen molar-refractivity contribution in [2.24, 2.45) is 0 Å². The third-order valence-electron chi connectivity index (χ3n) is 5.12. The second kappa shape index (κ2) is 7.82. The summed E-state index contributed by atoms with van der Waals surface area (Å²) in [7, 11) is 0. The Morgan fingerprint density at radius 1 is 1.26 bits per heavy atom. The van der Waals surface area contributed by atoms with Crippen LogP contribution >= 0.6 is 0 Å². The van der Waals surface area contributed by atoms with Gasteiger partial charge in [-0.2, -0.15) is 0 Å². The van der Waals surface area contributed by atoms with Gasteiger partial charge in [0.25, 0.3) is 5.91 Å². The van der Waals surface area contributed by atoms with Crippen molar-refractivity contribution in [1.82, 2.24) is 4.57 Å². The van der Waals surface area contributed by atoms with Gasteiger partial charge in [0.15, 0.2) is 0 Å². The van der Waals surface area contributed by atoms with Crippen molar-refractivity contribution in [2.75, 3.05) is 18.1 Å². The summed E-state index contributed by atoms with van der Waals surface area (Å²) in [6.45, 7) is 10.7. The molecule has 3 rings (SSSR count). The number of allylic oxidation sites excluding steroid dienone is 1. The summed E-state index contributed by atoms with van der Waals surface area (Å²) in [4.78, 5) is 27.8. The van der Waals surface area contributed by atoms with E-state index in [1.807, 2.05) is 41.5 Å². The molecule has 5 heteroatoms. The minimum absolute atomic E-state index is 0.0643. The van der Waals surface area contributed by atoms with E-state index in [-0.39, 0.29) is 5.91 Å². The van der Waals surface area contributed by atoms with Crippen molar-refractivity contribution in [2.45, 2.75) is 40.2 Å². The summed E-state index contributed by atoms with van der Waals surface area (Å²) in [5, 5.41) is 0. The Hall–Kier alpha value is -2.82. The number of carbonyl (C=O) groups excluding carboxylic acids is 2. The number of fused-ring (bicyclic) bond motifs is 1. The van der Waals surface area contributed by atoms with Crippen LogP contribution < -0.4 is 4.90 Å². The largest absolute Gasteiger partial charge is 0.461 e. The molecule has 0 saturated heterocycles. The number of nitrogens with zero attached hydrogens (tertiary/aromatic N) is 2. The number of hydrogen-bond acceptors (Lipinski definition) is 3. The van der Waals surface area contributed by atoms with E-state index >= 15 is 0 Å². The molecule has 1 aliphatic rings. The molecule has 0 aliphatic carbocycles. The highest BCUT2D eigenvalue weighted by Crippen LogP contribution is 2.31. The van der Waals surface area contributed by atoms with Crippen LogP contribution in [0, 0.1) is 13.8 Å². The number of carbonyl (C=O) groups is 2. The highest BCUT2D eigenvalue weighted by Gasteiger charge is 2.31. The van der Waals surface area contributed by atoms with Gasteiger partial charge < -0.3 is 14.2 Å². The zero-order valence-corrected chi connectivity index (χ0v) is 16.2. The highest BCUT2D eigenvalue weighted by atomic mass is 16.5. The van der Waals surface area contributed by atoms with E-state index in [0.29, 0.717) is 36.5 Å². The van der Waals surface area contributed by atoms with Crippen LogP contribution in [-0.4, -0.2) is 29.6 Å². The smallest absolute Gasteiger partial charge is 0.355 e. The summed E-state index contributed by atoms with van der Waals surface area (Å²) in [6, 6.07) is 8.02. The summed E-state index contributed by atoms with van der Waals surface area (Å²) >= 11 is 0. The van der Waals surface area contributed by atoms with Crippen molar-refractivity contribution >= 4 is 17.6 Å². The maximum Gasteiger partial charge on any atom is 0.355 e. The Balaban J connectivity index is 2.09. The van der Waals surface area contributed by atoms with Gasteiger partial charge in [-0.25, -0.2) is 4.79 Å². The Labute approximate surface area is 160 Å². The first-order valence-electron chi connectivity index (χ1n) is 9.38. The first-order valence-corrected chi connectivity index (χ1v) is 9.38. The molecule has 0 saturated carbocycles. The minimum Gasteiger partial charge on any atom is -0.461 e. The molecule has 0 fully saturated rings. The van der Waals surface area contributed by atoms with Crippen molar-refractivity contribution in [3.63, 3.8) is 0 Å². The van der Waals surface area contributed by atoms with E-state index in [4.69, 9.17) is 4.74 Å². The van der Waals surface area contributed by atoms with Gasteiger partial charge in [-0.05, 0) is 50.8 Å². The molecule has 5 nitrogen and oxygen atoms in total. The molecule has 1 amide bonds. The van der Waals surface area contributed by atoms with E-state index in [1.165, 1.54) is 5.56 Å². The van der Waals surface area contributed by atoms with Gasteiger partial charge in [0.05, 0.1) is 12.2 Å². The van der Waals surface area contributed by atoms with Crippen molar-refractivity contribution in [1.29, 1.82) is 0 Å². The molecule has 0 bridgehead atoms. The predicted octanol–water partition coefficient (Wildman–Crippen LogP) is 4.06. The van der Waals surface area contributed by atoms with Crippen LogP contribution in [0.1, 0.15) is 51.0 Å². The molecule has 0 unspecified atom stereocenters. The molecule has 1 aromatic carbocycles. The average Bonchev–Trinajstić information content (AvgIpc) is 2.91. The fourth-order valence-electron chi connectivity index (χ4n) is 3.91. The number of ether oxygens (including phenoxy) is 1. The van der Waals surface area contributed by atoms with E-state index in [9.17, 15) is 9.59 Å². The van der Waals surface area contributed by atoms with Crippen LogP contribution in [-0.2, 0) is 17.7 Å². The molecule has 0 spiro atoms. The Bertz CT molecular complexity index is 895. The molecule has 2 heterocycles. The lowest BCUT2D eigenvalue weighted by molar-refractivity contribution is 0.0513.